The highest BCUT2D eigenvalue weighted by Gasteiger charge is 2.34. The topological polar surface area (TPSA) is 44.8 Å². The molecule has 41 heavy (non-hydrogen) atoms. The zero-order valence-corrected chi connectivity index (χ0v) is 25.3. The number of piperidine rings is 1. The molecule has 3 aromatic carbocycles. The Kier molecular flexibility index (Phi) is 10.0. The fourth-order valence-corrected chi connectivity index (χ4v) is 6.72. The van der Waals surface area contributed by atoms with Gasteiger partial charge in [0.2, 0.25) is 0 Å². The van der Waals surface area contributed by atoms with Gasteiger partial charge in [-0.05, 0) is 69.1 Å². The zero-order chi connectivity index (χ0) is 28.7. The van der Waals surface area contributed by atoms with Gasteiger partial charge in [0.05, 0.1) is 5.02 Å². The van der Waals surface area contributed by atoms with Crippen LogP contribution in [0.15, 0.2) is 78.9 Å². The smallest absolute Gasteiger partial charge is 0.251 e. The van der Waals surface area contributed by atoms with Crippen LogP contribution in [0.5, 0.6) is 5.75 Å². The Morgan fingerprint density at radius 3 is 2.12 bits per heavy atom. The van der Waals surface area contributed by atoms with Gasteiger partial charge in [-0.15, -0.1) is 0 Å². The van der Waals surface area contributed by atoms with Gasteiger partial charge >= 0.3 is 0 Å². The highest BCUT2D eigenvalue weighted by molar-refractivity contribution is 6.32. The molecule has 0 unspecified atom stereocenters. The van der Waals surface area contributed by atoms with Crippen LogP contribution in [0.25, 0.3) is 0 Å². The maximum atomic E-state index is 13.0. The number of rotatable bonds is 10. The van der Waals surface area contributed by atoms with Crippen LogP contribution in [0.3, 0.4) is 0 Å². The number of nitrogens with zero attached hydrogens (tertiary/aromatic N) is 2. The van der Waals surface area contributed by atoms with Gasteiger partial charge in [-0.2, -0.15) is 0 Å². The van der Waals surface area contributed by atoms with Crippen molar-refractivity contribution >= 4 is 17.5 Å². The van der Waals surface area contributed by atoms with E-state index in [4.69, 9.17) is 16.3 Å². The van der Waals surface area contributed by atoms with E-state index in [-0.39, 0.29) is 17.6 Å². The van der Waals surface area contributed by atoms with E-state index in [0.29, 0.717) is 28.8 Å². The molecule has 218 valence electrons. The summed E-state index contributed by atoms with van der Waals surface area (Å²) in [4.78, 5) is 17.8. The molecule has 1 N–H and O–H groups in total. The molecule has 2 aliphatic rings. The van der Waals surface area contributed by atoms with E-state index in [0.717, 1.165) is 45.3 Å². The minimum atomic E-state index is -0.0788. The van der Waals surface area contributed by atoms with Gasteiger partial charge in [0, 0.05) is 43.2 Å². The molecule has 0 aromatic heterocycles. The first-order valence-electron chi connectivity index (χ1n) is 15.2. The Hall–Kier alpha value is -2.86. The number of halogens is 1. The highest BCUT2D eigenvalue weighted by atomic mass is 35.5. The largest absolute Gasteiger partial charge is 0.489 e. The predicted molar refractivity (Wildman–Crippen MR) is 168 cm³/mol. The Labute approximate surface area is 250 Å². The number of hydrogen-bond donors (Lipinski definition) is 1. The third-order valence-corrected chi connectivity index (χ3v) is 9.47. The number of benzene rings is 3. The monoisotopic (exact) mass is 573 g/mol. The summed E-state index contributed by atoms with van der Waals surface area (Å²) in [6, 6.07) is 27.0. The van der Waals surface area contributed by atoms with Crippen LogP contribution in [0.1, 0.15) is 72.3 Å². The standard InChI is InChI=1S/C35H44ClN3O2/c1-38(2)35(20-10-5-11-21-35)26-37-34(40)29-16-17-33(32(36)24-29)41-30-18-22-39(23-19-30)25-31(27-12-6-3-7-13-27)28-14-8-4-9-15-28/h3-4,6-9,12-17,24,30-31H,5,10-11,18-23,25-26H2,1-2H3,(H,37,40). The first-order valence-corrected chi connectivity index (χ1v) is 15.6. The lowest BCUT2D eigenvalue weighted by atomic mass is 9.80. The summed E-state index contributed by atoms with van der Waals surface area (Å²) >= 11 is 6.63. The molecule has 5 rings (SSSR count). The van der Waals surface area contributed by atoms with Crippen LogP contribution in [-0.4, -0.2) is 67.6 Å². The Morgan fingerprint density at radius 2 is 1.56 bits per heavy atom. The fraction of sp³-hybridized carbons (Fsp3) is 0.457. The van der Waals surface area contributed by atoms with Gasteiger partial charge < -0.3 is 19.9 Å². The van der Waals surface area contributed by atoms with Crippen LogP contribution in [-0.2, 0) is 0 Å². The lowest BCUT2D eigenvalue weighted by Crippen LogP contribution is -2.53. The van der Waals surface area contributed by atoms with Crippen molar-refractivity contribution in [2.45, 2.75) is 62.5 Å². The van der Waals surface area contributed by atoms with Crippen LogP contribution < -0.4 is 10.1 Å². The Bertz CT molecular complexity index is 1210. The second-order valence-electron chi connectivity index (χ2n) is 12.0. The fourth-order valence-electron chi connectivity index (χ4n) is 6.50. The lowest BCUT2D eigenvalue weighted by molar-refractivity contribution is 0.0799. The number of hydrogen-bond acceptors (Lipinski definition) is 4. The van der Waals surface area contributed by atoms with Crippen LogP contribution >= 0.6 is 11.6 Å². The molecule has 0 spiro atoms. The number of amides is 1. The molecular formula is C35H44ClN3O2. The summed E-state index contributed by atoms with van der Waals surface area (Å²) in [5.74, 6) is 0.920. The Balaban J connectivity index is 1.14. The number of ether oxygens (including phenoxy) is 1. The summed E-state index contributed by atoms with van der Waals surface area (Å²) in [7, 11) is 4.24. The van der Waals surface area contributed by atoms with Gasteiger partial charge in [0.15, 0.2) is 0 Å². The molecule has 3 aromatic rings. The average Bonchev–Trinajstić information content (AvgIpc) is 3.01. The van der Waals surface area contributed by atoms with E-state index in [2.05, 4.69) is 89.9 Å². The number of likely N-dealkylation sites (tertiary alicyclic amines) is 1. The normalized spacial score (nSPS) is 18.0. The van der Waals surface area contributed by atoms with E-state index >= 15 is 0 Å². The molecule has 2 fully saturated rings. The van der Waals surface area contributed by atoms with Crippen molar-refractivity contribution in [2.75, 3.05) is 40.3 Å². The molecule has 1 aliphatic carbocycles. The van der Waals surface area contributed by atoms with Gasteiger partial charge in [-0.25, -0.2) is 0 Å². The van der Waals surface area contributed by atoms with Crippen molar-refractivity contribution in [3.05, 3.63) is 101 Å². The van der Waals surface area contributed by atoms with E-state index in [9.17, 15) is 4.79 Å². The molecule has 1 aliphatic heterocycles. The minimum Gasteiger partial charge on any atom is -0.489 e. The second kappa shape index (κ2) is 13.9. The van der Waals surface area contributed by atoms with Gasteiger partial charge in [0.25, 0.3) is 5.91 Å². The van der Waals surface area contributed by atoms with E-state index in [1.54, 1.807) is 6.07 Å². The number of carbonyl (C=O) groups is 1. The third kappa shape index (κ3) is 7.51. The van der Waals surface area contributed by atoms with Gasteiger partial charge in [0.1, 0.15) is 11.9 Å². The molecule has 0 bridgehead atoms. The second-order valence-corrected chi connectivity index (χ2v) is 12.4. The third-order valence-electron chi connectivity index (χ3n) is 9.18. The molecule has 6 heteroatoms. The number of carbonyl (C=O) groups excluding carboxylic acids is 1. The zero-order valence-electron chi connectivity index (χ0n) is 24.5. The van der Waals surface area contributed by atoms with Gasteiger partial charge in [-0.3, -0.25) is 4.79 Å². The molecule has 5 nitrogen and oxygen atoms in total. The SMILES string of the molecule is CN(C)C1(CNC(=O)c2ccc(OC3CCN(CC(c4ccccc4)c4ccccc4)CC3)c(Cl)c2)CCCCC1. The summed E-state index contributed by atoms with van der Waals surface area (Å²) in [6.07, 6.45) is 7.94. The minimum absolute atomic E-state index is 0.0395. The van der Waals surface area contributed by atoms with E-state index in [1.165, 1.54) is 30.4 Å². The number of likely N-dealkylation sites (N-methyl/N-ethyl adjacent to an activating group) is 1. The van der Waals surface area contributed by atoms with Crippen molar-refractivity contribution in [3.8, 4) is 5.75 Å². The first kappa shape index (κ1) is 29.6. The summed E-state index contributed by atoms with van der Waals surface area (Å²) < 4.78 is 6.35. The van der Waals surface area contributed by atoms with Crippen LogP contribution in [0.4, 0.5) is 0 Å². The van der Waals surface area contributed by atoms with E-state index in [1.807, 2.05) is 12.1 Å². The van der Waals surface area contributed by atoms with Crippen LogP contribution in [0, 0.1) is 0 Å². The molecule has 0 atom stereocenters. The quantitative estimate of drug-likeness (QED) is 0.283. The molecule has 0 radical (unpaired) electrons. The van der Waals surface area contributed by atoms with Crippen molar-refractivity contribution in [1.82, 2.24) is 15.1 Å². The Morgan fingerprint density at radius 1 is 0.951 bits per heavy atom. The molecule has 1 amide bonds. The highest BCUT2D eigenvalue weighted by Crippen LogP contribution is 2.33. The van der Waals surface area contributed by atoms with Crippen molar-refractivity contribution in [3.63, 3.8) is 0 Å². The molecule has 1 saturated carbocycles. The predicted octanol–water partition coefficient (Wildman–Crippen LogP) is 7.01. The molecule has 1 saturated heterocycles. The number of nitrogens with one attached hydrogen (secondary N) is 1. The average molecular weight is 574 g/mol. The van der Waals surface area contributed by atoms with Crippen molar-refractivity contribution < 1.29 is 9.53 Å². The molecular weight excluding hydrogens is 530 g/mol. The lowest BCUT2D eigenvalue weighted by Gasteiger charge is -2.43. The maximum absolute atomic E-state index is 13.0. The summed E-state index contributed by atoms with van der Waals surface area (Å²) in [6.45, 7) is 3.60. The summed E-state index contributed by atoms with van der Waals surface area (Å²) in [5.41, 5.74) is 3.32. The van der Waals surface area contributed by atoms with Crippen molar-refractivity contribution in [2.24, 2.45) is 0 Å². The molecule has 1 heterocycles. The van der Waals surface area contributed by atoms with Crippen molar-refractivity contribution in [1.29, 1.82) is 0 Å². The van der Waals surface area contributed by atoms with Gasteiger partial charge in [-0.1, -0.05) is 91.5 Å². The summed E-state index contributed by atoms with van der Waals surface area (Å²) in [5, 5.41) is 3.67. The van der Waals surface area contributed by atoms with E-state index < -0.39 is 0 Å². The van der Waals surface area contributed by atoms with Crippen LogP contribution in [0.2, 0.25) is 5.02 Å². The maximum Gasteiger partial charge on any atom is 0.251 e. The first-order chi connectivity index (χ1) is 19.9.